The maximum atomic E-state index is 12.7. The largest absolute Gasteiger partial charge is 0.346 e. The molecule has 0 unspecified atom stereocenters. The van der Waals surface area contributed by atoms with Crippen LogP contribution in [0.3, 0.4) is 0 Å². The summed E-state index contributed by atoms with van der Waals surface area (Å²) in [5.74, 6) is -0.367. The standard InChI is InChI=1S/C18H19ClN4O2/c1-2-9-20-18(25)16-22-15(14-8-3-4-10-23(14)16)17(24)21-13-7-5-6-12(19)11-13/h2,5-7,11H,1,3-4,8-10H2,(H,20,25)(H,21,24). The summed E-state index contributed by atoms with van der Waals surface area (Å²) in [5.41, 5.74) is 1.69. The van der Waals surface area contributed by atoms with E-state index in [1.165, 1.54) is 0 Å². The van der Waals surface area contributed by atoms with Gasteiger partial charge in [-0.15, -0.1) is 6.58 Å². The SMILES string of the molecule is C=CCNC(=O)c1nc(C(=O)Nc2cccc(Cl)c2)c2n1CCCC2. The fourth-order valence-electron chi connectivity index (χ4n) is 2.90. The van der Waals surface area contributed by atoms with Crippen LogP contribution >= 0.6 is 11.6 Å². The van der Waals surface area contributed by atoms with Crippen molar-refractivity contribution in [2.75, 3.05) is 11.9 Å². The summed E-state index contributed by atoms with van der Waals surface area (Å²) in [6.45, 7) is 4.62. The van der Waals surface area contributed by atoms with Crippen LogP contribution in [-0.4, -0.2) is 27.9 Å². The number of aromatic nitrogens is 2. The van der Waals surface area contributed by atoms with E-state index < -0.39 is 0 Å². The van der Waals surface area contributed by atoms with E-state index in [0.717, 1.165) is 25.0 Å². The molecule has 3 rings (SSSR count). The number of hydrogen-bond acceptors (Lipinski definition) is 3. The van der Waals surface area contributed by atoms with Crippen LogP contribution in [-0.2, 0) is 13.0 Å². The number of carbonyl (C=O) groups is 2. The van der Waals surface area contributed by atoms with Gasteiger partial charge in [-0.05, 0) is 37.5 Å². The van der Waals surface area contributed by atoms with Crippen LogP contribution in [0.25, 0.3) is 0 Å². The third kappa shape index (κ3) is 3.74. The van der Waals surface area contributed by atoms with Crippen LogP contribution in [0.2, 0.25) is 5.02 Å². The third-order valence-electron chi connectivity index (χ3n) is 4.03. The van der Waals surface area contributed by atoms with Crippen molar-refractivity contribution in [1.82, 2.24) is 14.9 Å². The molecule has 0 spiro atoms. The van der Waals surface area contributed by atoms with E-state index in [1.54, 1.807) is 30.3 Å². The maximum Gasteiger partial charge on any atom is 0.287 e. The van der Waals surface area contributed by atoms with Crippen LogP contribution in [0.15, 0.2) is 36.9 Å². The Labute approximate surface area is 150 Å². The van der Waals surface area contributed by atoms with E-state index in [0.29, 0.717) is 29.5 Å². The topological polar surface area (TPSA) is 76.0 Å². The quantitative estimate of drug-likeness (QED) is 0.806. The number of hydrogen-bond donors (Lipinski definition) is 2. The molecule has 0 saturated heterocycles. The van der Waals surface area contributed by atoms with Crippen LogP contribution in [0.1, 0.15) is 39.6 Å². The summed E-state index contributed by atoms with van der Waals surface area (Å²) in [5, 5.41) is 6.05. The maximum absolute atomic E-state index is 12.7. The second-order valence-corrected chi connectivity index (χ2v) is 6.24. The molecule has 1 aliphatic rings. The zero-order valence-corrected chi connectivity index (χ0v) is 14.5. The summed E-state index contributed by atoms with van der Waals surface area (Å²) in [6.07, 6.45) is 4.25. The average molecular weight is 359 g/mol. The number of rotatable bonds is 5. The Bertz CT molecular complexity index is 828. The lowest BCUT2D eigenvalue weighted by Crippen LogP contribution is -2.28. The third-order valence-corrected chi connectivity index (χ3v) is 4.26. The first kappa shape index (κ1) is 17.2. The van der Waals surface area contributed by atoms with Gasteiger partial charge in [0.1, 0.15) is 0 Å². The van der Waals surface area contributed by atoms with Gasteiger partial charge >= 0.3 is 0 Å². The lowest BCUT2D eigenvalue weighted by atomic mass is 10.1. The highest BCUT2D eigenvalue weighted by molar-refractivity contribution is 6.31. The number of nitrogens with one attached hydrogen (secondary N) is 2. The summed E-state index contributed by atoms with van der Waals surface area (Å²) in [4.78, 5) is 29.3. The van der Waals surface area contributed by atoms with Gasteiger partial charge in [-0.1, -0.05) is 23.7 Å². The van der Waals surface area contributed by atoms with Crippen molar-refractivity contribution in [3.8, 4) is 0 Å². The molecule has 2 N–H and O–H groups in total. The fraction of sp³-hybridized carbons (Fsp3) is 0.278. The highest BCUT2D eigenvalue weighted by atomic mass is 35.5. The molecular weight excluding hydrogens is 340 g/mol. The minimum Gasteiger partial charge on any atom is -0.346 e. The van der Waals surface area contributed by atoms with Gasteiger partial charge in [-0.25, -0.2) is 4.98 Å². The Morgan fingerprint density at radius 2 is 2.16 bits per heavy atom. The van der Waals surface area contributed by atoms with E-state index >= 15 is 0 Å². The first-order valence-electron chi connectivity index (χ1n) is 8.15. The smallest absolute Gasteiger partial charge is 0.287 e. The van der Waals surface area contributed by atoms with Gasteiger partial charge in [-0.3, -0.25) is 9.59 Å². The van der Waals surface area contributed by atoms with Gasteiger partial charge in [0, 0.05) is 23.8 Å². The van der Waals surface area contributed by atoms with Crippen LogP contribution in [0, 0.1) is 0 Å². The number of nitrogens with zero attached hydrogens (tertiary/aromatic N) is 2. The molecule has 0 radical (unpaired) electrons. The molecule has 1 aromatic heterocycles. The number of carbonyl (C=O) groups excluding carboxylic acids is 2. The molecule has 0 atom stereocenters. The molecule has 2 aromatic rings. The highest BCUT2D eigenvalue weighted by Crippen LogP contribution is 2.23. The molecule has 0 saturated carbocycles. The Hall–Kier alpha value is -2.60. The Morgan fingerprint density at radius 3 is 2.92 bits per heavy atom. The van der Waals surface area contributed by atoms with Gasteiger partial charge in [0.15, 0.2) is 11.5 Å². The van der Waals surface area contributed by atoms with E-state index in [9.17, 15) is 9.59 Å². The van der Waals surface area contributed by atoms with Crippen LogP contribution in [0.4, 0.5) is 5.69 Å². The second kappa shape index (κ2) is 7.53. The Kier molecular flexibility index (Phi) is 5.19. The van der Waals surface area contributed by atoms with E-state index in [1.807, 2.05) is 4.57 Å². The van der Waals surface area contributed by atoms with Crippen LogP contribution in [0.5, 0.6) is 0 Å². The Morgan fingerprint density at radius 1 is 1.32 bits per heavy atom. The second-order valence-electron chi connectivity index (χ2n) is 5.80. The van der Waals surface area contributed by atoms with Crippen molar-refractivity contribution in [2.45, 2.75) is 25.8 Å². The van der Waals surface area contributed by atoms with Crippen molar-refractivity contribution in [1.29, 1.82) is 0 Å². The zero-order valence-electron chi connectivity index (χ0n) is 13.7. The highest BCUT2D eigenvalue weighted by Gasteiger charge is 2.27. The minimum absolute atomic E-state index is 0.271. The molecule has 1 aliphatic heterocycles. The lowest BCUT2D eigenvalue weighted by molar-refractivity contribution is 0.0942. The molecule has 25 heavy (non-hydrogen) atoms. The predicted molar refractivity (Wildman–Crippen MR) is 97.1 cm³/mol. The molecule has 0 bridgehead atoms. The number of imidazole rings is 1. The molecule has 0 fully saturated rings. The van der Waals surface area contributed by atoms with Crippen molar-refractivity contribution >= 4 is 29.1 Å². The van der Waals surface area contributed by atoms with Gasteiger partial charge < -0.3 is 15.2 Å². The average Bonchev–Trinajstić information content (AvgIpc) is 2.99. The first-order chi connectivity index (χ1) is 12.1. The number of benzene rings is 1. The van der Waals surface area contributed by atoms with E-state index in [-0.39, 0.29) is 17.6 Å². The van der Waals surface area contributed by atoms with Crippen molar-refractivity contribution in [2.24, 2.45) is 0 Å². The van der Waals surface area contributed by atoms with Crippen molar-refractivity contribution < 1.29 is 9.59 Å². The zero-order chi connectivity index (χ0) is 17.8. The molecule has 0 aliphatic carbocycles. The Balaban J connectivity index is 1.90. The molecule has 1 aromatic carbocycles. The number of anilines is 1. The lowest BCUT2D eigenvalue weighted by Gasteiger charge is -2.17. The van der Waals surface area contributed by atoms with Gasteiger partial charge in [-0.2, -0.15) is 0 Å². The van der Waals surface area contributed by atoms with Gasteiger partial charge in [0.25, 0.3) is 11.8 Å². The normalized spacial score (nSPS) is 13.0. The first-order valence-corrected chi connectivity index (χ1v) is 8.53. The predicted octanol–water partition coefficient (Wildman–Crippen LogP) is 3.04. The van der Waals surface area contributed by atoms with E-state index in [2.05, 4.69) is 22.2 Å². The minimum atomic E-state index is -0.337. The number of amides is 2. The van der Waals surface area contributed by atoms with Gasteiger partial charge in [0.05, 0.1) is 5.69 Å². The molecule has 6 nitrogen and oxygen atoms in total. The molecule has 2 heterocycles. The molecule has 7 heteroatoms. The summed E-state index contributed by atoms with van der Waals surface area (Å²) >= 11 is 5.95. The molecule has 130 valence electrons. The van der Waals surface area contributed by atoms with Crippen LogP contribution < -0.4 is 10.6 Å². The van der Waals surface area contributed by atoms with Crippen molar-refractivity contribution in [3.63, 3.8) is 0 Å². The summed E-state index contributed by atoms with van der Waals surface area (Å²) in [7, 11) is 0. The summed E-state index contributed by atoms with van der Waals surface area (Å²) in [6, 6.07) is 6.91. The fourth-order valence-corrected chi connectivity index (χ4v) is 3.09. The molecular formula is C18H19ClN4O2. The summed E-state index contributed by atoms with van der Waals surface area (Å²) < 4.78 is 1.84. The molecule has 2 amide bonds. The number of halogens is 1. The monoisotopic (exact) mass is 358 g/mol. The van der Waals surface area contributed by atoms with Gasteiger partial charge in [0.2, 0.25) is 0 Å². The van der Waals surface area contributed by atoms with Crippen molar-refractivity contribution in [3.05, 3.63) is 59.2 Å². The number of fused-ring (bicyclic) bond motifs is 1. The van der Waals surface area contributed by atoms with E-state index in [4.69, 9.17) is 11.6 Å².